The summed E-state index contributed by atoms with van der Waals surface area (Å²) in [7, 11) is 0. The predicted octanol–water partition coefficient (Wildman–Crippen LogP) is 2.36. The van der Waals surface area contributed by atoms with E-state index in [1.165, 1.54) is 24.3 Å². The van der Waals surface area contributed by atoms with Gasteiger partial charge in [-0.15, -0.1) is 11.8 Å². The van der Waals surface area contributed by atoms with Crippen LogP contribution in [0.1, 0.15) is 31.1 Å². The largest absolute Gasteiger partial charge is 0.472 e. The number of carbonyl (C=O) groups excluding carboxylic acids is 2. The minimum absolute atomic E-state index is 0.0886. The van der Waals surface area contributed by atoms with E-state index in [1.807, 2.05) is 13.8 Å². The molecule has 0 aliphatic carbocycles. The first-order valence-corrected chi connectivity index (χ1v) is 8.40. The average molecular weight is 327 g/mol. The number of carbonyl (C=O) groups is 2. The molecule has 0 saturated carbocycles. The van der Waals surface area contributed by atoms with Gasteiger partial charge in [-0.2, -0.15) is 0 Å². The maximum absolute atomic E-state index is 12.8. The summed E-state index contributed by atoms with van der Waals surface area (Å²) in [5, 5.41) is 9.72. The number of nitrogens with zero attached hydrogens (tertiary/aromatic N) is 1. The smallest absolute Gasteiger partial charge is 0.417 e. The van der Waals surface area contributed by atoms with Gasteiger partial charge in [0.1, 0.15) is 18.0 Å². The van der Waals surface area contributed by atoms with Crippen LogP contribution >= 0.6 is 11.8 Å². The fourth-order valence-corrected chi connectivity index (χ4v) is 3.24. The van der Waals surface area contributed by atoms with Gasteiger partial charge in [0.25, 0.3) is 0 Å². The summed E-state index contributed by atoms with van der Waals surface area (Å²) in [5.74, 6) is -0.340. The Morgan fingerprint density at radius 3 is 2.64 bits per heavy atom. The molecule has 1 N–H and O–H groups in total. The topological polar surface area (TPSA) is 80.0 Å². The van der Waals surface area contributed by atoms with Gasteiger partial charge in [0, 0.05) is 5.56 Å². The van der Waals surface area contributed by atoms with Crippen LogP contribution in [-0.2, 0) is 9.53 Å². The number of thioether (sulfide) groups is 1. The monoisotopic (exact) mass is 327 g/mol. The highest BCUT2D eigenvalue weighted by Gasteiger charge is 2.44. The summed E-state index contributed by atoms with van der Waals surface area (Å²) in [6.45, 7) is 5.85. The van der Waals surface area contributed by atoms with Crippen molar-refractivity contribution in [3.05, 3.63) is 23.7 Å². The normalized spacial score (nSPS) is 21.1. The van der Waals surface area contributed by atoms with Crippen LogP contribution in [0.15, 0.2) is 16.9 Å². The molecule has 0 radical (unpaired) electrons. The van der Waals surface area contributed by atoms with Crippen LogP contribution < -0.4 is 0 Å². The van der Waals surface area contributed by atoms with Crippen LogP contribution in [0.25, 0.3) is 0 Å². The summed E-state index contributed by atoms with van der Waals surface area (Å²) < 4.78 is 10.1. The third kappa shape index (κ3) is 3.01. The highest BCUT2D eigenvalue weighted by Crippen LogP contribution is 2.32. The molecule has 2 rings (SSSR count). The second kappa shape index (κ2) is 6.75. The number of ether oxygens (including phenoxy) is 1. The summed E-state index contributed by atoms with van der Waals surface area (Å²) in [6.07, 6.45) is 2.99. The molecule has 1 aromatic heterocycles. The number of amides is 2. The van der Waals surface area contributed by atoms with E-state index in [2.05, 4.69) is 0 Å². The molecule has 3 atom stereocenters. The van der Waals surface area contributed by atoms with E-state index in [9.17, 15) is 14.7 Å². The fraction of sp³-hybridized carbons (Fsp3) is 0.600. The lowest BCUT2D eigenvalue weighted by Crippen LogP contribution is -2.47. The second-order valence-electron chi connectivity index (χ2n) is 5.71. The number of hydrogen-bond donors (Lipinski definition) is 1. The highest BCUT2D eigenvalue weighted by atomic mass is 32.2. The molecule has 1 fully saturated rings. The number of cyclic esters (lactones) is 1. The van der Waals surface area contributed by atoms with Crippen molar-refractivity contribution in [1.82, 2.24) is 4.90 Å². The number of rotatable bonds is 5. The van der Waals surface area contributed by atoms with Gasteiger partial charge in [0.2, 0.25) is 5.91 Å². The first kappa shape index (κ1) is 16.9. The van der Waals surface area contributed by atoms with Gasteiger partial charge in [-0.3, -0.25) is 4.79 Å². The molecule has 1 aliphatic heterocycles. The van der Waals surface area contributed by atoms with E-state index in [-0.39, 0.29) is 18.6 Å². The summed E-state index contributed by atoms with van der Waals surface area (Å²) in [5.41, 5.74) is 1.32. The molecule has 2 heterocycles. The maximum atomic E-state index is 12.8. The molecule has 1 saturated heterocycles. The van der Waals surface area contributed by atoms with Crippen LogP contribution in [0.3, 0.4) is 0 Å². The summed E-state index contributed by atoms with van der Waals surface area (Å²) in [4.78, 5) is 25.8. The maximum Gasteiger partial charge on any atom is 0.417 e. The van der Waals surface area contributed by atoms with E-state index >= 15 is 0 Å². The summed E-state index contributed by atoms with van der Waals surface area (Å²) in [6, 6.07) is -0.299. The molecular formula is C15H21NO5S. The molecule has 1 aliphatic rings. The van der Waals surface area contributed by atoms with Crippen molar-refractivity contribution in [2.45, 2.75) is 38.2 Å². The molecule has 1 aromatic rings. The lowest BCUT2D eigenvalue weighted by molar-refractivity contribution is -0.131. The molecule has 22 heavy (non-hydrogen) atoms. The third-order valence-electron chi connectivity index (χ3n) is 3.91. The first-order valence-electron chi connectivity index (χ1n) is 7.11. The number of furan rings is 1. The number of imide groups is 1. The Morgan fingerprint density at radius 1 is 1.45 bits per heavy atom. The number of hydrogen-bond acceptors (Lipinski definition) is 6. The number of aliphatic hydroxyl groups is 1. The molecule has 0 aromatic carbocycles. The molecule has 0 unspecified atom stereocenters. The SMILES string of the molecule is CS[C@@H](C(=O)N1C(=O)OC[C@H]1C(C)C)[C@@H](O)c1cocc1C. The van der Waals surface area contributed by atoms with Crippen LogP contribution in [0.4, 0.5) is 4.79 Å². The fourth-order valence-electron chi connectivity index (χ4n) is 2.52. The Balaban J connectivity index is 2.25. The Hall–Kier alpha value is -1.47. The second-order valence-corrected chi connectivity index (χ2v) is 6.69. The van der Waals surface area contributed by atoms with Crippen molar-refractivity contribution in [1.29, 1.82) is 0 Å². The lowest BCUT2D eigenvalue weighted by Gasteiger charge is -2.28. The van der Waals surface area contributed by atoms with Crippen LogP contribution in [0, 0.1) is 12.8 Å². The first-order chi connectivity index (χ1) is 10.4. The Kier molecular flexibility index (Phi) is 5.18. The van der Waals surface area contributed by atoms with Gasteiger partial charge < -0.3 is 14.3 Å². The Labute approximate surface area is 133 Å². The van der Waals surface area contributed by atoms with Crippen molar-refractivity contribution in [3.8, 4) is 0 Å². The third-order valence-corrected chi connectivity index (χ3v) is 4.88. The van der Waals surface area contributed by atoms with Gasteiger partial charge in [0.15, 0.2) is 0 Å². The van der Waals surface area contributed by atoms with Crippen molar-refractivity contribution >= 4 is 23.8 Å². The van der Waals surface area contributed by atoms with E-state index in [0.717, 1.165) is 10.5 Å². The van der Waals surface area contributed by atoms with Gasteiger partial charge in [-0.05, 0) is 24.7 Å². The van der Waals surface area contributed by atoms with Crippen molar-refractivity contribution in [2.75, 3.05) is 12.9 Å². The zero-order valence-corrected chi connectivity index (χ0v) is 13.9. The van der Waals surface area contributed by atoms with Gasteiger partial charge in [-0.25, -0.2) is 9.69 Å². The predicted molar refractivity (Wildman–Crippen MR) is 82.5 cm³/mol. The average Bonchev–Trinajstić information content (AvgIpc) is 3.05. The quantitative estimate of drug-likeness (QED) is 0.894. The van der Waals surface area contributed by atoms with Gasteiger partial charge in [-0.1, -0.05) is 13.8 Å². The van der Waals surface area contributed by atoms with E-state index < -0.39 is 23.4 Å². The number of aliphatic hydroxyl groups excluding tert-OH is 1. The molecular weight excluding hydrogens is 306 g/mol. The standard InChI is InChI=1S/C15H21NO5S/c1-8(2)11-7-21-15(19)16(11)14(18)13(22-4)12(17)10-6-20-5-9(10)3/h5-6,8,11-13,17H,7H2,1-4H3/t11-,12-,13+/m0/s1. The van der Waals surface area contributed by atoms with Crippen molar-refractivity contribution in [2.24, 2.45) is 5.92 Å². The highest BCUT2D eigenvalue weighted by molar-refractivity contribution is 8.00. The molecule has 0 bridgehead atoms. The van der Waals surface area contributed by atoms with E-state index in [4.69, 9.17) is 9.15 Å². The zero-order valence-electron chi connectivity index (χ0n) is 13.1. The molecule has 2 amide bonds. The van der Waals surface area contributed by atoms with Gasteiger partial charge >= 0.3 is 6.09 Å². The Morgan fingerprint density at radius 2 is 2.14 bits per heavy atom. The molecule has 0 spiro atoms. The molecule has 122 valence electrons. The minimum atomic E-state index is -1.04. The van der Waals surface area contributed by atoms with Crippen molar-refractivity contribution in [3.63, 3.8) is 0 Å². The van der Waals surface area contributed by atoms with Crippen LogP contribution in [0.5, 0.6) is 0 Å². The van der Waals surface area contributed by atoms with E-state index in [1.54, 1.807) is 13.2 Å². The van der Waals surface area contributed by atoms with Gasteiger partial charge in [0.05, 0.1) is 18.6 Å². The number of aryl methyl sites for hydroxylation is 1. The Bertz CT molecular complexity index is 556. The van der Waals surface area contributed by atoms with Crippen molar-refractivity contribution < 1.29 is 23.8 Å². The molecule has 6 nitrogen and oxygen atoms in total. The minimum Gasteiger partial charge on any atom is -0.472 e. The van der Waals surface area contributed by atoms with Crippen LogP contribution in [0.2, 0.25) is 0 Å². The molecule has 7 heteroatoms. The summed E-state index contributed by atoms with van der Waals surface area (Å²) >= 11 is 1.21. The van der Waals surface area contributed by atoms with E-state index in [0.29, 0.717) is 5.56 Å². The van der Waals surface area contributed by atoms with Crippen LogP contribution in [-0.4, -0.2) is 46.2 Å². The lowest BCUT2D eigenvalue weighted by atomic mass is 10.0. The zero-order chi connectivity index (χ0) is 16.4.